The van der Waals surface area contributed by atoms with Crippen LogP contribution in [0.1, 0.15) is 38.5 Å². The molecule has 1 aromatic carbocycles. The van der Waals surface area contributed by atoms with Gasteiger partial charge in [-0.2, -0.15) is 0 Å². The highest BCUT2D eigenvalue weighted by atomic mass is 35.5. The zero-order valence-electron chi connectivity index (χ0n) is 14.4. The summed E-state index contributed by atoms with van der Waals surface area (Å²) in [5, 5.41) is 1.14. The highest BCUT2D eigenvalue weighted by molar-refractivity contribution is 6.28. The van der Waals surface area contributed by atoms with Crippen LogP contribution in [-0.4, -0.2) is 47.2 Å². The van der Waals surface area contributed by atoms with Gasteiger partial charge in [-0.05, 0) is 63.2 Å². The maximum atomic E-state index is 6.24. The zero-order valence-corrected chi connectivity index (χ0v) is 15.2. The van der Waals surface area contributed by atoms with Crippen molar-refractivity contribution in [2.45, 2.75) is 44.6 Å². The molecule has 1 saturated heterocycles. The van der Waals surface area contributed by atoms with Crippen LogP contribution in [0, 0.1) is 0 Å². The van der Waals surface area contributed by atoms with Gasteiger partial charge in [-0.25, -0.2) is 9.97 Å². The number of rotatable bonds is 6. The van der Waals surface area contributed by atoms with Crippen LogP contribution < -0.4 is 9.47 Å². The fraction of sp³-hybridized carbons (Fsp3) is 0.579. The summed E-state index contributed by atoms with van der Waals surface area (Å²) in [6.07, 6.45) is 9.29. The van der Waals surface area contributed by atoms with Gasteiger partial charge in [0.1, 0.15) is 18.1 Å². The number of nitrogens with zero attached hydrogens (tertiary/aromatic N) is 3. The molecule has 6 heteroatoms. The van der Waals surface area contributed by atoms with Crippen molar-refractivity contribution >= 4 is 22.5 Å². The van der Waals surface area contributed by atoms with E-state index in [9.17, 15) is 0 Å². The Balaban J connectivity index is 1.52. The molecule has 2 heterocycles. The average Bonchev–Trinajstić information content (AvgIpc) is 3.28. The van der Waals surface area contributed by atoms with Crippen LogP contribution in [0.5, 0.6) is 11.5 Å². The Bertz CT molecular complexity index is 728. The minimum atomic E-state index is 0.244. The molecule has 2 fully saturated rings. The number of fused-ring (bicyclic) bond motifs is 1. The maximum absolute atomic E-state index is 6.24. The van der Waals surface area contributed by atoms with E-state index in [0.717, 1.165) is 41.8 Å². The van der Waals surface area contributed by atoms with Gasteiger partial charge in [0, 0.05) is 24.9 Å². The highest BCUT2D eigenvalue weighted by Gasteiger charge is 2.19. The van der Waals surface area contributed by atoms with Gasteiger partial charge in [0.05, 0.1) is 17.0 Å². The Hall–Kier alpha value is -1.59. The van der Waals surface area contributed by atoms with E-state index >= 15 is 0 Å². The van der Waals surface area contributed by atoms with Crippen LogP contribution in [0.3, 0.4) is 0 Å². The fourth-order valence-corrected chi connectivity index (χ4v) is 3.86. The van der Waals surface area contributed by atoms with Gasteiger partial charge >= 0.3 is 0 Å². The number of ether oxygens (including phenoxy) is 2. The standard InChI is InChI=1S/C19H24ClN3O2/c20-19-21-13-16-17(22-19)11-15(24-10-9-23-7-3-4-8-23)12-18(16)25-14-5-1-2-6-14/h11-14H,1-10H2. The Morgan fingerprint density at radius 2 is 1.92 bits per heavy atom. The number of hydrogen-bond donors (Lipinski definition) is 0. The first-order valence-electron chi connectivity index (χ1n) is 9.26. The van der Waals surface area contributed by atoms with E-state index in [1.807, 2.05) is 12.1 Å². The molecule has 1 aromatic heterocycles. The Morgan fingerprint density at radius 3 is 2.72 bits per heavy atom. The first-order valence-corrected chi connectivity index (χ1v) is 9.64. The molecule has 0 radical (unpaired) electrons. The second-order valence-electron chi connectivity index (χ2n) is 6.91. The fourth-order valence-electron chi connectivity index (χ4n) is 3.72. The van der Waals surface area contributed by atoms with Gasteiger partial charge in [-0.15, -0.1) is 0 Å². The van der Waals surface area contributed by atoms with Gasteiger partial charge in [-0.1, -0.05) is 0 Å². The monoisotopic (exact) mass is 361 g/mol. The number of hydrogen-bond acceptors (Lipinski definition) is 5. The van der Waals surface area contributed by atoms with E-state index in [1.54, 1.807) is 6.20 Å². The number of halogens is 1. The zero-order chi connectivity index (χ0) is 17.1. The minimum Gasteiger partial charge on any atom is -0.492 e. The summed E-state index contributed by atoms with van der Waals surface area (Å²) in [4.78, 5) is 10.9. The first-order chi connectivity index (χ1) is 12.3. The molecule has 0 amide bonds. The molecule has 25 heavy (non-hydrogen) atoms. The van der Waals surface area contributed by atoms with Gasteiger partial charge in [0.2, 0.25) is 5.28 Å². The van der Waals surface area contributed by atoms with E-state index in [0.29, 0.717) is 6.61 Å². The predicted molar refractivity (Wildman–Crippen MR) is 98.6 cm³/mol. The van der Waals surface area contributed by atoms with Crippen LogP contribution in [0.2, 0.25) is 5.28 Å². The largest absolute Gasteiger partial charge is 0.492 e. The topological polar surface area (TPSA) is 47.5 Å². The van der Waals surface area contributed by atoms with E-state index in [-0.39, 0.29) is 11.4 Å². The van der Waals surface area contributed by atoms with Crippen molar-refractivity contribution in [2.75, 3.05) is 26.2 Å². The lowest BCUT2D eigenvalue weighted by Crippen LogP contribution is -2.25. The summed E-state index contributed by atoms with van der Waals surface area (Å²) in [6.45, 7) is 3.99. The lowest BCUT2D eigenvalue weighted by molar-refractivity contribution is 0.209. The second-order valence-corrected chi connectivity index (χ2v) is 7.25. The minimum absolute atomic E-state index is 0.244. The molecule has 1 aliphatic heterocycles. The molecule has 0 unspecified atom stereocenters. The molecule has 0 N–H and O–H groups in total. The molecule has 2 aliphatic rings. The molecule has 1 saturated carbocycles. The van der Waals surface area contributed by atoms with E-state index in [4.69, 9.17) is 21.1 Å². The Morgan fingerprint density at radius 1 is 1.12 bits per heavy atom. The first kappa shape index (κ1) is 16.9. The smallest absolute Gasteiger partial charge is 0.222 e. The summed E-state index contributed by atoms with van der Waals surface area (Å²) < 4.78 is 12.2. The molecular formula is C19H24ClN3O2. The summed E-state index contributed by atoms with van der Waals surface area (Å²) in [6, 6.07) is 3.90. The third-order valence-electron chi connectivity index (χ3n) is 5.08. The van der Waals surface area contributed by atoms with Crippen molar-refractivity contribution in [1.82, 2.24) is 14.9 Å². The summed E-state index contributed by atoms with van der Waals surface area (Å²) >= 11 is 5.97. The second kappa shape index (κ2) is 7.75. The van der Waals surface area contributed by atoms with Crippen molar-refractivity contribution in [3.05, 3.63) is 23.6 Å². The third kappa shape index (κ3) is 4.15. The average molecular weight is 362 g/mol. The number of aromatic nitrogens is 2. The molecule has 0 spiro atoms. The van der Waals surface area contributed by atoms with E-state index < -0.39 is 0 Å². The number of likely N-dealkylation sites (tertiary alicyclic amines) is 1. The van der Waals surface area contributed by atoms with Crippen molar-refractivity contribution in [3.8, 4) is 11.5 Å². The lowest BCUT2D eigenvalue weighted by Gasteiger charge is -2.18. The normalized spacial score (nSPS) is 18.9. The third-order valence-corrected chi connectivity index (χ3v) is 5.26. The molecule has 0 atom stereocenters. The quantitative estimate of drug-likeness (QED) is 0.725. The van der Waals surface area contributed by atoms with Crippen LogP contribution >= 0.6 is 11.6 Å². The van der Waals surface area contributed by atoms with Crippen molar-refractivity contribution in [3.63, 3.8) is 0 Å². The summed E-state index contributed by atoms with van der Waals surface area (Å²) in [7, 11) is 0. The predicted octanol–water partition coefficient (Wildman–Crippen LogP) is 4.08. The van der Waals surface area contributed by atoms with Crippen molar-refractivity contribution in [1.29, 1.82) is 0 Å². The molecular weight excluding hydrogens is 338 g/mol. The van der Waals surface area contributed by atoms with Gasteiger partial charge in [0.25, 0.3) is 0 Å². The van der Waals surface area contributed by atoms with Crippen molar-refractivity contribution in [2.24, 2.45) is 0 Å². The molecule has 134 valence electrons. The van der Waals surface area contributed by atoms with Crippen LogP contribution in [0.15, 0.2) is 18.3 Å². The lowest BCUT2D eigenvalue weighted by atomic mass is 10.2. The van der Waals surface area contributed by atoms with Crippen LogP contribution in [-0.2, 0) is 0 Å². The van der Waals surface area contributed by atoms with E-state index in [1.165, 1.54) is 38.8 Å². The van der Waals surface area contributed by atoms with Gasteiger partial charge in [-0.3, -0.25) is 4.90 Å². The van der Waals surface area contributed by atoms with E-state index in [2.05, 4.69) is 14.9 Å². The molecule has 2 aromatic rings. The SMILES string of the molecule is Clc1ncc2c(OC3CCCC3)cc(OCCN3CCCC3)cc2n1. The Labute approximate surface area is 153 Å². The molecule has 5 nitrogen and oxygen atoms in total. The van der Waals surface area contributed by atoms with Crippen molar-refractivity contribution < 1.29 is 9.47 Å². The summed E-state index contributed by atoms with van der Waals surface area (Å²) in [5.41, 5.74) is 0.770. The molecule has 0 bridgehead atoms. The highest BCUT2D eigenvalue weighted by Crippen LogP contribution is 2.33. The maximum Gasteiger partial charge on any atom is 0.222 e. The number of benzene rings is 1. The van der Waals surface area contributed by atoms with Gasteiger partial charge in [0.15, 0.2) is 0 Å². The molecule has 4 rings (SSSR count). The van der Waals surface area contributed by atoms with Crippen LogP contribution in [0.25, 0.3) is 10.9 Å². The summed E-state index contributed by atoms with van der Waals surface area (Å²) in [5.74, 6) is 1.59. The Kier molecular flexibility index (Phi) is 5.22. The molecule has 1 aliphatic carbocycles. The van der Waals surface area contributed by atoms with Gasteiger partial charge < -0.3 is 9.47 Å². The van der Waals surface area contributed by atoms with Crippen LogP contribution in [0.4, 0.5) is 0 Å².